The number of fused-ring (bicyclic) bond motifs is 2. The lowest BCUT2D eigenvalue weighted by Crippen LogP contribution is -2.35. The summed E-state index contributed by atoms with van der Waals surface area (Å²) in [4.78, 5) is 18.9. The summed E-state index contributed by atoms with van der Waals surface area (Å²) < 4.78 is 2.24. The highest BCUT2D eigenvalue weighted by Crippen LogP contribution is 2.39. The summed E-state index contributed by atoms with van der Waals surface area (Å²) in [5, 5.41) is 41.8. The fourth-order valence-electron chi connectivity index (χ4n) is 5.32. The maximum Gasteiger partial charge on any atom is 0.225 e. The molecular formula is C28H30N6O3S2. The Kier molecular flexibility index (Phi) is 6.94. The van der Waals surface area contributed by atoms with Crippen LogP contribution in [0.15, 0.2) is 41.9 Å². The summed E-state index contributed by atoms with van der Waals surface area (Å²) in [7, 11) is 0. The van der Waals surface area contributed by atoms with Crippen molar-refractivity contribution in [3.63, 3.8) is 0 Å². The first-order chi connectivity index (χ1) is 18.8. The highest BCUT2D eigenvalue weighted by Gasteiger charge is 2.41. The van der Waals surface area contributed by atoms with Crippen LogP contribution in [-0.4, -0.2) is 60.1 Å². The Morgan fingerprint density at radius 2 is 1.85 bits per heavy atom. The first-order valence-electron chi connectivity index (χ1n) is 12.9. The third-order valence-corrected chi connectivity index (χ3v) is 9.50. The number of thiophene rings is 1. The van der Waals surface area contributed by atoms with Gasteiger partial charge in [0.05, 0.1) is 39.8 Å². The molecular weight excluding hydrogens is 532 g/mol. The van der Waals surface area contributed by atoms with E-state index in [2.05, 4.69) is 40.1 Å². The maximum absolute atomic E-state index is 10.7. The van der Waals surface area contributed by atoms with Gasteiger partial charge in [0, 0.05) is 23.4 Å². The molecule has 0 saturated heterocycles. The molecule has 0 aliphatic heterocycles. The molecule has 0 spiro atoms. The molecule has 5 atom stereocenters. The number of pyridine rings is 1. The molecule has 4 heterocycles. The monoisotopic (exact) mass is 562 g/mol. The van der Waals surface area contributed by atoms with E-state index in [0.29, 0.717) is 18.2 Å². The van der Waals surface area contributed by atoms with Crippen LogP contribution in [0.25, 0.3) is 30.9 Å². The highest BCUT2D eigenvalue weighted by atomic mass is 32.1. The lowest BCUT2D eigenvalue weighted by molar-refractivity contribution is 0.00446. The van der Waals surface area contributed by atoms with Gasteiger partial charge in [0.25, 0.3) is 0 Å². The third kappa shape index (κ3) is 4.74. The number of aryl methyl sites for hydroxylation is 2. The van der Waals surface area contributed by atoms with E-state index in [9.17, 15) is 15.3 Å². The van der Waals surface area contributed by atoms with Crippen molar-refractivity contribution >= 4 is 54.7 Å². The van der Waals surface area contributed by atoms with E-state index in [-0.39, 0.29) is 12.6 Å². The SMILES string of the molecule is Cc1nc(N[C@H](C)c2csc3ccccc23)nc(NC2C[C@H](CO)[C@@H](O)[C@H]2O)c1-c1nc2c(C)nccc2s1. The van der Waals surface area contributed by atoms with E-state index in [0.717, 1.165) is 32.2 Å². The molecule has 1 saturated carbocycles. The predicted octanol–water partition coefficient (Wildman–Crippen LogP) is 4.67. The van der Waals surface area contributed by atoms with Gasteiger partial charge in [-0.3, -0.25) is 4.98 Å². The Labute approximate surface area is 233 Å². The first-order valence-corrected chi connectivity index (χ1v) is 14.6. The molecule has 9 nitrogen and oxygen atoms in total. The largest absolute Gasteiger partial charge is 0.396 e. The van der Waals surface area contributed by atoms with Crippen LogP contribution in [0.4, 0.5) is 11.8 Å². The van der Waals surface area contributed by atoms with Crippen molar-refractivity contribution in [1.29, 1.82) is 0 Å². The molecule has 202 valence electrons. The van der Waals surface area contributed by atoms with Crippen LogP contribution >= 0.6 is 22.7 Å². The summed E-state index contributed by atoms with van der Waals surface area (Å²) in [5.74, 6) is 0.559. The summed E-state index contributed by atoms with van der Waals surface area (Å²) in [6.45, 7) is 5.74. The molecule has 6 rings (SSSR count). The second kappa shape index (κ2) is 10.4. The number of anilines is 2. The van der Waals surface area contributed by atoms with Gasteiger partial charge in [-0.25, -0.2) is 9.97 Å². The van der Waals surface area contributed by atoms with Crippen LogP contribution in [0.2, 0.25) is 0 Å². The van der Waals surface area contributed by atoms with E-state index in [1.165, 1.54) is 27.0 Å². The molecule has 1 aliphatic carbocycles. The Balaban J connectivity index is 1.40. The number of hydrogen-bond acceptors (Lipinski definition) is 11. The number of aromatic nitrogens is 4. The Morgan fingerprint density at radius 3 is 2.62 bits per heavy atom. The number of aliphatic hydroxyl groups excluding tert-OH is 3. The van der Waals surface area contributed by atoms with Crippen molar-refractivity contribution < 1.29 is 15.3 Å². The zero-order valence-electron chi connectivity index (χ0n) is 21.8. The highest BCUT2D eigenvalue weighted by molar-refractivity contribution is 7.21. The van der Waals surface area contributed by atoms with Gasteiger partial charge >= 0.3 is 0 Å². The van der Waals surface area contributed by atoms with Crippen LogP contribution in [0.3, 0.4) is 0 Å². The lowest BCUT2D eigenvalue weighted by Gasteiger charge is -2.22. The van der Waals surface area contributed by atoms with Gasteiger partial charge < -0.3 is 26.0 Å². The average Bonchev–Trinajstić information content (AvgIpc) is 3.61. The minimum atomic E-state index is -1.04. The van der Waals surface area contributed by atoms with Crippen molar-refractivity contribution in [3.05, 3.63) is 58.9 Å². The van der Waals surface area contributed by atoms with Crippen molar-refractivity contribution in [2.24, 2.45) is 5.92 Å². The fourth-order valence-corrected chi connectivity index (χ4v) is 7.48. The van der Waals surface area contributed by atoms with E-state index in [1.54, 1.807) is 17.5 Å². The van der Waals surface area contributed by atoms with E-state index < -0.39 is 24.2 Å². The Bertz CT molecular complexity index is 1650. The molecule has 5 aromatic rings. The van der Waals surface area contributed by atoms with Gasteiger partial charge in [-0.2, -0.15) is 4.98 Å². The second-order valence-electron chi connectivity index (χ2n) is 10.1. The smallest absolute Gasteiger partial charge is 0.225 e. The molecule has 0 bridgehead atoms. The number of thiazole rings is 1. The molecule has 0 radical (unpaired) electrons. The van der Waals surface area contributed by atoms with Gasteiger partial charge in [-0.1, -0.05) is 18.2 Å². The Hall–Kier alpha value is -3.22. The van der Waals surface area contributed by atoms with E-state index in [4.69, 9.17) is 15.0 Å². The molecule has 1 unspecified atom stereocenters. The van der Waals surface area contributed by atoms with Crippen LogP contribution < -0.4 is 10.6 Å². The van der Waals surface area contributed by atoms with Crippen molar-refractivity contribution in [1.82, 2.24) is 19.9 Å². The lowest BCUT2D eigenvalue weighted by atomic mass is 10.1. The van der Waals surface area contributed by atoms with Gasteiger partial charge in [-0.15, -0.1) is 22.7 Å². The summed E-state index contributed by atoms with van der Waals surface area (Å²) in [5.41, 5.74) is 4.32. The van der Waals surface area contributed by atoms with Crippen molar-refractivity contribution in [2.75, 3.05) is 17.2 Å². The van der Waals surface area contributed by atoms with Gasteiger partial charge in [0.1, 0.15) is 22.4 Å². The second-order valence-corrected chi connectivity index (χ2v) is 12.0. The van der Waals surface area contributed by atoms with E-state index in [1.807, 2.05) is 32.0 Å². The zero-order chi connectivity index (χ0) is 27.3. The topological polar surface area (TPSA) is 136 Å². The average molecular weight is 563 g/mol. The molecule has 4 aromatic heterocycles. The standard InChI is InChI=1S/C28H30N6O3S2/c1-13(18-12-38-20-7-5-4-6-17(18)20)30-28-31-14(2)22(27-33-23-15(3)29-9-8-21(23)39-27)26(34-28)32-19-10-16(11-35)24(36)25(19)37/h4-9,12-13,16,19,24-25,35-37H,10-11H2,1-3H3,(H2,30,31,32,34)/t13-,16-,19?,24-,25+/m1/s1. The van der Waals surface area contributed by atoms with Crippen LogP contribution in [-0.2, 0) is 0 Å². The number of nitrogens with zero attached hydrogens (tertiary/aromatic N) is 4. The molecule has 5 N–H and O–H groups in total. The van der Waals surface area contributed by atoms with Gasteiger partial charge in [0.2, 0.25) is 5.95 Å². The number of rotatable bonds is 7. The molecule has 39 heavy (non-hydrogen) atoms. The maximum atomic E-state index is 10.7. The fraction of sp³-hybridized carbons (Fsp3) is 0.357. The minimum Gasteiger partial charge on any atom is -0.396 e. The van der Waals surface area contributed by atoms with Gasteiger partial charge in [-0.05, 0) is 55.7 Å². The van der Waals surface area contributed by atoms with Gasteiger partial charge in [0.15, 0.2) is 0 Å². The number of benzene rings is 1. The summed E-state index contributed by atoms with van der Waals surface area (Å²) >= 11 is 3.24. The third-order valence-electron chi connectivity index (χ3n) is 7.48. The van der Waals surface area contributed by atoms with Crippen LogP contribution in [0.5, 0.6) is 0 Å². The van der Waals surface area contributed by atoms with Crippen LogP contribution in [0.1, 0.15) is 36.3 Å². The number of aliphatic hydroxyl groups is 3. The van der Waals surface area contributed by atoms with E-state index >= 15 is 0 Å². The quantitative estimate of drug-likeness (QED) is 0.192. The Morgan fingerprint density at radius 1 is 1.03 bits per heavy atom. The molecule has 1 aliphatic rings. The molecule has 1 fully saturated rings. The van der Waals surface area contributed by atoms with Crippen LogP contribution in [0, 0.1) is 19.8 Å². The zero-order valence-corrected chi connectivity index (χ0v) is 23.4. The number of nitrogens with one attached hydrogen (secondary N) is 2. The van der Waals surface area contributed by atoms with Crippen molar-refractivity contribution in [3.8, 4) is 10.6 Å². The molecule has 0 amide bonds. The number of hydrogen-bond donors (Lipinski definition) is 5. The molecule has 11 heteroatoms. The summed E-state index contributed by atoms with van der Waals surface area (Å²) in [6, 6.07) is 9.72. The normalized spacial score (nSPS) is 22.0. The minimum absolute atomic E-state index is 0.0481. The molecule has 1 aromatic carbocycles. The predicted molar refractivity (Wildman–Crippen MR) is 156 cm³/mol. The van der Waals surface area contributed by atoms with Crippen molar-refractivity contribution in [2.45, 2.75) is 51.5 Å². The summed E-state index contributed by atoms with van der Waals surface area (Å²) in [6.07, 6.45) is 0.124. The first kappa shape index (κ1) is 26.0.